The fourth-order valence-corrected chi connectivity index (χ4v) is 1.99. The summed E-state index contributed by atoms with van der Waals surface area (Å²) in [5.41, 5.74) is 9.36. The summed E-state index contributed by atoms with van der Waals surface area (Å²) in [5.74, 6) is 0.864. The van der Waals surface area contributed by atoms with Gasteiger partial charge in [0.15, 0.2) is 5.82 Å². The second-order valence-electron chi connectivity index (χ2n) is 4.60. The molecule has 0 spiro atoms. The standard InChI is InChI=1S/C13H18N4/c1-9(2)12-13(14)15-16-17(12)8-11-7-5-4-6-10(11)3/h4-7,9H,8,14H2,1-3H3. The number of hydrogen-bond acceptors (Lipinski definition) is 3. The first-order valence-corrected chi connectivity index (χ1v) is 5.83. The van der Waals surface area contributed by atoms with Crippen LogP contribution in [-0.4, -0.2) is 15.0 Å². The number of aromatic nitrogens is 3. The van der Waals surface area contributed by atoms with Gasteiger partial charge in [0.25, 0.3) is 0 Å². The number of benzene rings is 1. The van der Waals surface area contributed by atoms with Crippen molar-refractivity contribution >= 4 is 5.82 Å². The highest BCUT2D eigenvalue weighted by molar-refractivity contribution is 5.36. The Morgan fingerprint density at radius 2 is 2.00 bits per heavy atom. The van der Waals surface area contributed by atoms with Crippen molar-refractivity contribution in [1.82, 2.24) is 15.0 Å². The molecule has 0 atom stereocenters. The molecule has 0 saturated heterocycles. The van der Waals surface area contributed by atoms with E-state index in [0.717, 1.165) is 12.2 Å². The molecule has 0 aliphatic carbocycles. The minimum atomic E-state index is 0.328. The molecule has 1 aromatic heterocycles. The van der Waals surface area contributed by atoms with E-state index < -0.39 is 0 Å². The quantitative estimate of drug-likeness (QED) is 0.880. The lowest BCUT2D eigenvalue weighted by Crippen LogP contribution is -2.09. The molecule has 0 aliphatic rings. The Kier molecular flexibility index (Phi) is 3.13. The Hall–Kier alpha value is -1.84. The van der Waals surface area contributed by atoms with E-state index in [0.29, 0.717) is 11.7 Å². The van der Waals surface area contributed by atoms with Gasteiger partial charge in [-0.2, -0.15) is 0 Å². The van der Waals surface area contributed by atoms with Gasteiger partial charge in [0, 0.05) is 0 Å². The van der Waals surface area contributed by atoms with Gasteiger partial charge in [-0.3, -0.25) is 0 Å². The van der Waals surface area contributed by atoms with Crippen LogP contribution in [0.2, 0.25) is 0 Å². The predicted molar refractivity (Wildman–Crippen MR) is 68.8 cm³/mol. The average Bonchev–Trinajstić information content (AvgIpc) is 2.63. The van der Waals surface area contributed by atoms with Crippen molar-refractivity contribution in [2.24, 2.45) is 0 Å². The Morgan fingerprint density at radius 3 is 2.65 bits per heavy atom. The summed E-state index contributed by atoms with van der Waals surface area (Å²) in [6.45, 7) is 7.03. The Bertz CT molecular complexity index is 514. The second-order valence-corrected chi connectivity index (χ2v) is 4.60. The molecule has 2 N–H and O–H groups in total. The SMILES string of the molecule is Cc1ccccc1Cn1nnc(N)c1C(C)C. The fraction of sp³-hybridized carbons (Fsp3) is 0.385. The molecule has 4 nitrogen and oxygen atoms in total. The van der Waals surface area contributed by atoms with E-state index in [9.17, 15) is 0 Å². The third kappa shape index (κ3) is 2.30. The summed E-state index contributed by atoms with van der Waals surface area (Å²) in [6, 6.07) is 8.29. The van der Waals surface area contributed by atoms with Crippen molar-refractivity contribution in [1.29, 1.82) is 0 Å². The van der Waals surface area contributed by atoms with Crippen LogP contribution in [0.1, 0.15) is 36.6 Å². The van der Waals surface area contributed by atoms with Crippen molar-refractivity contribution in [3.63, 3.8) is 0 Å². The second kappa shape index (κ2) is 4.57. The number of nitrogens with two attached hydrogens (primary N) is 1. The highest BCUT2D eigenvalue weighted by atomic mass is 15.4. The van der Waals surface area contributed by atoms with E-state index >= 15 is 0 Å². The Labute approximate surface area is 101 Å². The predicted octanol–water partition coefficient (Wildman–Crippen LogP) is 2.34. The first-order chi connectivity index (χ1) is 8.09. The van der Waals surface area contributed by atoms with Gasteiger partial charge >= 0.3 is 0 Å². The molecule has 2 aromatic rings. The van der Waals surface area contributed by atoms with Crippen molar-refractivity contribution in [2.75, 3.05) is 5.73 Å². The van der Waals surface area contributed by atoms with E-state index in [-0.39, 0.29) is 0 Å². The van der Waals surface area contributed by atoms with Crippen LogP contribution in [-0.2, 0) is 6.54 Å². The molecule has 0 radical (unpaired) electrons. The first-order valence-electron chi connectivity index (χ1n) is 5.83. The van der Waals surface area contributed by atoms with Crippen LogP contribution < -0.4 is 5.73 Å². The number of anilines is 1. The molecule has 0 saturated carbocycles. The molecule has 4 heteroatoms. The van der Waals surface area contributed by atoms with Crippen molar-refractivity contribution < 1.29 is 0 Å². The topological polar surface area (TPSA) is 56.7 Å². The van der Waals surface area contributed by atoms with Crippen molar-refractivity contribution in [3.8, 4) is 0 Å². The molecule has 2 rings (SSSR count). The lowest BCUT2D eigenvalue weighted by Gasteiger charge is -2.11. The van der Waals surface area contributed by atoms with Crippen LogP contribution in [0.3, 0.4) is 0 Å². The van der Waals surface area contributed by atoms with Gasteiger partial charge < -0.3 is 5.73 Å². The summed E-state index contributed by atoms with van der Waals surface area (Å²) in [6.07, 6.45) is 0. The van der Waals surface area contributed by atoms with Crippen LogP contribution >= 0.6 is 0 Å². The van der Waals surface area contributed by atoms with Crippen molar-refractivity contribution in [3.05, 3.63) is 41.1 Å². The van der Waals surface area contributed by atoms with Gasteiger partial charge in [0.1, 0.15) is 0 Å². The maximum Gasteiger partial charge on any atom is 0.169 e. The van der Waals surface area contributed by atoms with Crippen LogP contribution in [0.4, 0.5) is 5.82 Å². The Balaban J connectivity index is 2.34. The zero-order chi connectivity index (χ0) is 12.4. The minimum absolute atomic E-state index is 0.328. The molecular weight excluding hydrogens is 212 g/mol. The molecule has 1 aromatic carbocycles. The number of aryl methyl sites for hydroxylation is 1. The number of nitrogen functional groups attached to an aromatic ring is 1. The normalized spacial score (nSPS) is 11.1. The van der Waals surface area contributed by atoms with Gasteiger partial charge in [-0.1, -0.05) is 43.3 Å². The first kappa shape index (κ1) is 11.6. The van der Waals surface area contributed by atoms with E-state index in [1.54, 1.807) is 0 Å². The number of nitrogens with zero attached hydrogens (tertiary/aromatic N) is 3. The van der Waals surface area contributed by atoms with Gasteiger partial charge in [-0.25, -0.2) is 4.68 Å². The largest absolute Gasteiger partial charge is 0.381 e. The molecule has 17 heavy (non-hydrogen) atoms. The molecule has 1 heterocycles. The molecule has 0 fully saturated rings. The van der Waals surface area contributed by atoms with Gasteiger partial charge in [0.2, 0.25) is 0 Å². The summed E-state index contributed by atoms with van der Waals surface area (Å²) < 4.78 is 1.89. The van der Waals surface area contributed by atoms with Crippen LogP contribution in [0, 0.1) is 6.92 Å². The summed E-state index contributed by atoms with van der Waals surface area (Å²) >= 11 is 0. The molecular formula is C13H18N4. The highest BCUT2D eigenvalue weighted by Crippen LogP contribution is 2.20. The van der Waals surface area contributed by atoms with Crippen LogP contribution in [0.25, 0.3) is 0 Å². The molecule has 0 bridgehead atoms. The number of hydrogen-bond donors (Lipinski definition) is 1. The smallest absolute Gasteiger partial charge is 0.169 e. The van der Waals surface area contributed by atoms with E-state index in [4.69, 9.17) is 5.73 Å². The molecule has 90 valence electrons. The van der Waals surface area contributed by atoms with E-state index in [1.165, 1.54) is 11.1 Å². The van der Waals surface area contributed by atoms with Crippen LogP contribution in [0.15, 0.2) is 24.3 Å². The number of rotatable bonds is 3. The maximum atomic E-state index is 5.84. The van der Waals surface area contributed by atoms with Crippen molar-refractivity contribution in [2.45, 2.75) is 33.2 Å². The molecule has 0 unspecified atom stereocenters. The summed E-state index contributed by atoms with van der Waals surface area (Å²) in [5, 5.41) is 8.07. The zero-order valence-electron chi connectivity index (χ0n) is 10.5. The maximum absolute atomic E-state index is 5.84. The zero-order valence-corrected chi connectivity index (χ0v) is 10.5. The van der Waals surface area contributed by atoms with Gasteiger partial charge in [-0.05, 0) is 24.0 Å². The summed E-state index contributed by atoms with van der Waals surface area (Å²) in [7, 11) is 0. The minimum Gasteiger partial charge on any atom is -0.381 e. The monoisotopic (exact) mass is 230 g/mol. The molecule has 0 amide bonds. The average molecular weight is 230 g/mol. The van der Waals surface area contributed by atoms with Crippen LogP contribution in [0.5, 0.6) is 0 Å². The highest BCUT2D eigenvalue weighted by Gasteiger charge is 2.14. The lowest BCUT2D eigenvalue weighted by molar-refractivity contribution is 0.596. The Morgan fingerprint density at radius 1 is 1.29 bits per heavy atom. The van der Waals surface area contributed by atoms with Gasteiger partial charge in [0.05, 0.1) is 12.2 Å². The third-order valence-corrected chi connectivity index (χ3v) is 2.93. The van der Waals surface area contributed by atoms with Gasteiger partial charge in [-0.15, -0.1) is 5.10 Å². The third-order valence-electron chi connectivity index (χ3n) is 2.93. The lowest BCUT2D eigenvalue weighted by atomic mass is 10.1. The van der Waals surface area contributed by atoms with E-state index in [2.05, 4.69) is 43.2 Å². The van der Waals surface area contributed by atoms with E-state index in [1.807, 2.05) is 16.8 Å². The summed E-state index contributed by atoms with van der Waals surface area (Å²) in [4.78, 5) is 0. The molecule has 0 aliphatic heterocycles. The fourth-order valence-electron chi connectivity index (χ4n) is 1.99.